The third-order valence-corrected chi connectivity index (χ3v) is 5.79. The van der Waals surface area contributed by atoms with Crippen LogP contribution >= 0.6 is 34.5 Å². The first-order chi connectivity index (χ1) is 13.1. The Morgan fingerprint density at radius 2 is 2.00 bits per heavy atom. The second-order valence-corrected chi connectivity index (χ2v) is 7.95. The van der Waals surface area contributed by atoms with Crippen molar-refractivity contribution in [2.24, 2.45) is 5.92 Å². The Hall–Kier alpha value is -2.49. The van der Waals surface area contributed by atoms with Crippen LogP contribution in [-0.2, 0) is 4.79 Å². The number of carbonyl (C=O) groups is 1. The lowest BCUT2D eigenvalue weighted by atomic mass is 10.2. The third kappa shape index (κ3) is 2.88. The maximum atomic E-state index is 12.0. The summed E-state index contributed by atoms with van der Waals surface area (Å²) >= 11 is 13.9. The summed E-state index contributed by atoms with van der Waals surface area (Å²) in [5.41, 5.74) is 1.89. The highest BCUT2D eigenvalue weighted by atomic mass is 35.5. The van der Waals surface area contributed by atoms with Gasteiger partial charge in [-0.1, -0.05) is 34.5 Å². The number of rotatable bonds is 4. The standard InChI is InChI=1S/C16H11Cl2N7OS/c17-8-3-19-4-9(18)11(8)10-5-20-6-25(10)14-12-13(23-24-14)21-16(27-12)22-15(26)7-1-2-7/h3-7H,1-2H2,(H2,21,22,23,24,26). The number of halogens is 2. The van der Waals surface area contributed by atoms with Crippen LogP contribution < -0.4 is 5.32 Å². The Bertz CT molecular complexity index is 1160. The molecule has 1 aliphatic rings. The van der Waals surface area contributed by atoms with Crippen molar-refractivity contribution in [1.29, 1.82) is 0 Å². The fraction of sp³-hybridized carbons (Fsp3) is 0.188. The molecule has 0 radical (unpaired) electrons. The minimum Gasteiger partial charge on any atom is -0.302 e. The molecule has 0 atom stereocenters. The van der Waals surface area contributed by atoms with Crippen LogP contribution in [0.3, 0.4) is 0 Å². The Morgan fingerprint density at radius 1 is 1.22 bits per heavy atom. The van der Waals surface area contributed by atoms with Gasteiger partial charge in [-0.2, -0.15) is 5.10 Å². The second kappa shape index (κ2) is 6.29. The van der Waals surface area contributed by atoms with Crippen molar-refractivity contribution in [3.05, 3.63) is 35.0 Å². The molecule has 4 aromatic heterocycles. The summed E-state index contributed by atoms with van der Waals surface area (Å²) in [7, 11) is 0. The number of hydrogen-bond acceptors (Lipinski definition) is 6. The molecule has 1 amide bonds. The number of aromatic nitrogens is 6. The Morgan fingerprint density at radius 3 is 2.74 bits per heavy atom. The SMILES string of the molecule is O=C(Nc1nc2[nH]nc(-n3cncc3-c3c(Cl)cncc3Cl)c2s1)C1CC1. The van der Waals surface area contributed by atoms with Gasteiger partial charge in [0.1, 0.15) is 11.0 Å². The minimum absolute atomic E-state index is 0.0135. The van der Waals surface area contributed by atoms with Gasteiger partial charge >= 0.3 is 0 Å². The molecule has 1 saturated carbocycles. The maximum absolute atomic E-state index is 12.0. The minimum atomic E-state index is 0.0135. The number of thiazole rings is 1. The van der Waals surface area contributed by atoms with Gasteiger partial charge in [0.05, 0.1) is 21.9 Å². The van der Waals surface area contributed by atoms with E-state index in [1.54, 1.807) is 17.1 Å². The van der Waals surface area contributed by atoms with Crippen molar-refractivity contribution in [2.45, 2.75) is 12.8 Å². The summed E-state index contributed by atoms with van der Waals surface area (Å²) in [5, 5.41) is 11.5. The molecule has 4 heterocycles. The third-order valence-electron chi connectivity index (χ3n) is 4.25. The number of imidazole rings is 1. The number of amides is 1. The van der Waals surface area contributed by atoms with Crippen molar-refractivity contribution in [1.82, 2.24) is 29.7 Å². The van der Waals surface area contributed by atoms with E-state index >= 15 is 0 Å². The molecule has 0 spiro atoms. The number of aromatic amines is 1. The first-order valence-electron chi connectivity index (χ1n) is 8.09. The van der Waals surface area contributed by atoms with Crippen molar-refractivity contribution in [2.75, 3.05) is 5.32 Å². The van der Waals surface area contributed by atoms with E-state index in [2.05, 4.69) is 30.5 Å². The summed E-state index contributed by atoms with van der Waals surface area (Å²) in [6.45, 7) is 0. The monoisotopic (exact) mass is 419 g/mol. The van der Waals surface area contributed by atoms with Crippen LogP contribution in [0.25, 0.3) is 27.4 Å². The second-order valence-electron chi connectivity index (χ2n) is 6.13. The van der Waals surface area contributed by atoms with Gasteiger partial charge in [-0.15, -0.1) is 0 Å². The van der Waals surface area contributed by atoms with Crippen LogP contribution in [0.4, 0.5) is 5.13 Å². The first kappa shape index (κ1) is 16.7. The zero-order valence-corrected chi connectivity index (χ0v) is 15.9. The predicted octanol–water partition coefficient (Wildman–Crippen LogP) is 3.92. The lowest BCUT2D eigenvalue weighted by Crippen LogP contribution is -2.12. The van der Waals surface area contributed by atoms with Gasteiger partial charge in [0, 0.05) is 23.9 Å². The van der Waals surface area contributed by atoms with Crippen molar-refractivity contribution in [3.8, 4) is 17.1 Å². The van der Waals surface area contributed by atoms with Crippen molar-refractivity contribution < 1.29 is 4.79 Å². The molecule has 0 saturated heterocycles. The summed E-state index contributed by atoms with van der Waals surface area (Å²) in [6, 6.07) is 0. The lowest BCUT2D eigenvalue weighted by Gasteiger charge is -2.08. The smallest absolute Gasteiger partial charge is 0.229 e. The van der Waals surface area contributed by atoms with E-state index in [0.717, 1.165) is 17.5 Å². The predicted molar refractivity (Wildman–Crippen MR) is 103 cm³/mol. The number of pyridine rings is 1. The van der Waals surface area contributed by atoms with Gasteiger partial charge < -0.3 is 5.32 Å². The van der Waals surface area contributed by atoms with Crippen LogP contribution in [0.15, 0.2) is 24.9 Å². The Labute approximate surface area is 166 Å². The number of carbonyl (C=O) groups excluding carboxylic acids is 1. The molecular formula is C16H11Cl2N7OS. The van der Waals surface area contributed by atoms with Crippen molar-refractivity contribution >= 4 is 55.9 Å². The van der Waals surface area contributed by atoms with E-state index in [1.807, 2.05) is 0 Å². The number of fused-ring (bicyclic) bond motifs is 1. The molecular weight excluding hydrogens is 409 g/mol. The topological polar surface area (TPSA) is 101 Å². The van der Waals surface area contributed by atoms with E-state index in [4.69, 9.17) is 23.2 Å². The molecule has 1 aliphatic carbocycles. The summed E-state index contributed by atoms with van der Waals surface area (Å²) < 4.78 is 2.57. The zero-order chi connectivity index (χ0) is 18.5. The molecule has 11 heteroatoms. The highest BCUT2D eigenvalue weighted by molar-refractivity contribution is 7.22. The molecule has 0 unspecified atom stereocenters. The number of H-pyrrole nitrogens is 1. The van der Waals surface area contributed by atoms with Crippen LogP contribution in [0.1, 0.15) is 12.8 Å². The molecule has 0 aliphatic heterocycles. The highest BCUT2D eigenvalue weighted by Crippen LogP contribution is 2.37. The summed E-state index contributed by atoms with van der Waals surface area (Å²) in [4.78, 5) is 24.6. The average molecular weight is 420 g/mol. The lowest BCUT2D eigenvalue weighted by molar-refractivity contribution is -0.117. The quantitative estimate of drug-likeness (QED) is 0.521. The van der Waals surface area contributed by atoms with Gasteiger partial charge in [0.25, 0.3) is 0 Å². The molecule has 2 N–H and O–H groups in total. The molecule has 0 aromatic carbocycles. The van der Waals surface area contributed by atoms with Gasteiger partial charge in [-0.05, 0) is 12.8 Å². The van der Waals surface area contributed by atoms with Crippen LogP contribution in [-0.4, -0.2) is 35.6 Å². The largest absolute Gasteiger partial charge is 0.302 e. The molecule has 136 valence electrons. The molecule has 27 heavy (non-hydrogen) atoms. The normalized spacial score (nSPS) is 14.0. The number of hydrogen-bond donors (Lipinski definition) is 2. The summed E-state index contributed by atoms with van der Waals surface area (Å²) in [5.74, 6) is 0.728. The van der Waals surface area contributed by atoms with Gasteiger partial charge in [0.2, 0.25) is 5.91 Å². The maximum Gasteiger partial charge on any atom is 0.229 e. The van der Waals surface area contributed by atoms with Crippen LogP contribution in [0, 0.1) is 5.92 Å². The Balaban J connectivity index is 1.58. The number of anilines is 1. The van der Waals surface area contributed by atoms with Crippen molar-refractivity contribution in [3.63, 3.8) is 0 Å². The fourth-order valence-electron chi connectivity index (χ4n) is 2.78. The average Bonchev–Trinajstić information content (AvgIpc) is 3.08. The van der Waals surface area contributed by atoms with E-state index < -0.39 is 0 Å². The molecule has 1 fully saturated rings. The van der Waals surface area contributed by atoms with Gasteiger partial charge in [-0.25, -0.2) is 9.97 Å². The van der Waals surface area contributed by atoms with Gasteiger partial charge in [0.15, 0.2) is 16.6 Å². The van der Waals surface area contributed by atoms with Gasteiger partial charge in [-0.3, -0.25) is 19.4 Å². The van der Waals surface area contributed by atoms with E-state index in [1.165, 1.54) is 23.7 Å². The number of nitrogens with one attached hydrogen (secondary N) is 2. The van der Waals surface area contributed by atoms with E-state index in [0.29, 0.717) is 37.9 Å². The molecule has 4 aromatic rings. The molecule has 8 nitrogen and oxygen atoms in total. The number of nitrogens with zero attached hydrogens (tertiary/aromatic N) is 5. The molecule has 0 bridgehead atoms. The zero-order valence-electron chi connectivity index (χ0n) is 13.6. The van der Waals surface area contributed by atoms with E-state index in [-0.39, 0.29) is 11.8 Å². The highest BCUT2D eigenvalue weighted by Gasteiger charge is 2.30. The molecule has 5 rings (SSSR count). The van der Waals surface area contributed by atoms with Crippen LogP contribution in [0.5, 0.6) is 0 Å². The fourth-order valence-corrected chi connectivity index (χ4v) is 4.24. The van der Waals surface area contributed by atoms with Crippen LogP contribution in [0.2, 0.25) is 10.0 Å². The first-order valence-corrected chi connectivity index (χ1v) is 9.67. The van der Waals surface area contributed by atoms with E-state index in [9.17, 15) is 4.79 Å². The Kier molecular flexibility index (Phi) is 3.88. The summed E-state index contributed by atoms with van der Waals surface area (Å²) in [6.07, 6.45) is 8.21.